The summed E-state index contributed by atoms with van der Waals surface area (Å²) in [5.41, 5.74) is 2.62. The lowest BCUT2D eigenvalue weighted by molar-refractivity contribution is -0.115. The highest BCUT2D eigenvalue weighted by molar-refractivity contribution is 7.15. The number of carbonyl (C=O) groups is 1. The molecule has 2 aromatic heterocycles. The summed E-state index contributed by atoms with van der Waals surface area (Å²) in [5, 5.41) is 6.53. The summed E-state index contributed by atoms with van der Waals surface area (Å²) in [7, 11) is 0. The monoisotopic (exact) mass is 362 g/mol. The van der Waals surface area contributed by atoms with Gasteiger partial charge < -0.3 is 5.32 Å². The van der Waals surface area contributed by atoms with Gasteiger partial charge in [-0.1, -0.05) is 23.7 Å². The maximum absolute atomic E-state index is 12.3. The quantitative estimate of drug-likeness (QED) is 0.682. The van der Waals surface area contributed by atoms with Crippen molar-refractivity contribution in [1.82, 2.24) is 4.98 Å². The van der Waals surface area contributed by atoms with Gasteiger partial charge in [-0.25, -0.2) is 4.98 Å². The van der Waals surface area contributed by atoms with Crippen molar-refractivity contribution in [3.63, 3.8) is 0 Å². The lowest BCUT2D eigenvalue weighted by atomic mass is 10.2. The molecule has 3 aromatic rings. The summed E-state index contributed by atoms with van der Waals surface area (Å²) in [6.45, 7) is 3.89. The second-order valence-corrected chi connectivity index (χ2v) is 7.81. The normalized spacial score (nSPS) is 10.7. The lowest BCUT2D eigenvalue weighted by Gasteiger charge is -2.06. The van der Waals surface area contributed by atoms with E-state index in [1.54, 1.807) is 28.7 Å². The number of thiazole rings is 1. The summed E-state index contributed by atoms with van der Waals surface area (Å²) in [6.07, 6.45) is 0.310. The molecule has 118 valence electrons. The first-order valence-corrected chi connectivity index (χ1v) is 9.16. The van der Waals surface area contributed by atoms with Crippen LogP contribution in [0.1, 0.15) is 15.4 Å². The molecule has 0 spiro atoms. The molecule has 1 amide bonds. The molecule has 3 rings (SSSR count). The van der Waals surface area contributed by atoms with Gasteiger partial charge in [-0.2, -0.15) is 0 Å². The molecule has 0 bridgehead atoms. The molecule has 0 unspecified atom stereocenters. The number of anilines is 1. The Labute approximate surface area is 148 Å². The molecular weight excluding hydrogens is 348 g/mol. The van der Waals surface area contributed by atoms with Gasteiger partial charge >= 0.3 is 0 Å². The second-order valence-electron chi connectivity index (χ2n) is 5.17. The zero-order valence-electron chi connectivity index (χ0n) is 12.7. The molecule has 0 saturated carbocycles. The van der Waals surface area contributed by atoms with E-state index in [0.29, 0.717) is 17.1 Å². The Hall–Kier alpha value is -1.69. The molecule has 0 aliphatic carbocycles. The van der Waals surface area contributed by atoms with Crippen LogP contribution in [0.3, 0.4) is 0 Å². The van der Waals surface area contributed by atoms with Gasteiger partial charge in [0.05, 0.1) is 22.0 Å². The van der Waals surface area contributed by atoms with Gasteiger partial charge in [0.2, 0.25) is 5.91 Å². The standard InChI is InChI=1S/C17H15ClN2OS2/c1-10-5-6-12(8-13(10)18)20-16(21)9-15-17(19-11(2)23-15)14-4-3-7-22-14/h3-8H,9H2,1-2H3,(H,20,21). The van der Waals surface area contributed by atoms with Gasteiger partial charge in [0.1, 0.15) is 0 Å². The predicted molar refractivity (Wildman–Crippen MR) is 98.7 cm³/mol. The number of halogens is 1. The van der Waals surface area contributed by atoms with Crippen LogP contribution in [0.25, 0.3) is 10.6 Å². The van der Waals surface area contributed by atoms with Crippen LogP contribution < -0.4 is 5.32 Å². The van der Waals surface area contributed by atoms with Gasteiger partial charge in [-0.05, 0) is 43.0 Å². The van der Waals surface area contributed by atoms with E-state index in [1.165, 1.54) is 0 Å². The Morgan fingerprint density at radius 3 is 2.83 bits per heavy atom. The fraction of sp³-hybridized carbons (Fsp3) is 0.176. The van der Waals surface area contributed by atoms with Crippen LogP contribution in [0.15, 0.2) is 35.7 Å². The Bertz CT molecular complexity index is 840. The Morgan fingerprint density at radius 1 is 1.30 bits per heavy atom. The summed E-state index contributed by atoms with van der Waals surface area (Å²) >= 11 is 9.29. The summed E-state index contributed by atoms with van der Waals surface area (Å²) in [5.74, 6) is -0.0635. The van der Waals surface area contributed by atoms with Crippen LogP contribution in [-0.4, -0.2) is 10.9 Å². The first kappa shape index (κ1) is 16.2. The van der Waals surface area contributed by atoms with Crippen molar-refractivity contribution in [3.8, 4) is 10.6 Å². The van der Waals surface area contributed by atoms with Gasteiger partial charge in [-0.15, -0.1) is 22.7 Å². The van der Waals surface area contributed by atoms with Crippen molar-refractivity contribution in [3.05, 3.63) is 56.2 Å². The maximum Gasteiger partial charge on any atom is 0.229 e. The molecule has 0 aliphatic rings. The van der Waals surface area contributed by atoms with E-state index >= 15 is 0 Å². The van der Waals surface area contributed by atoms with Gasteiger partial charge in [0.15, 0.2) is 0 Å². The van der Waals surface area contributed by atoms with Gasteiger partial charge in [0.25, 0.3) is 0 Å². The highest BCUT2D eigenvalue weighted by atomic mass is 35.5. The predicted octanol–water partition coefficient (Wildman–Crippen LogP) is 5.32. The molecule has 3 nitrogen and oxygen atoms in total. The van der Waals surface area contributed by atoms with Crippen molar-refractivity contribution >= 4 is 45.9 Å². The van der Waals surface area contributed by atoms with Crippen LogP contribution >= 0.6 is 34.3 Å². The first-order valence-electron chi connectivity index (χ1n) is 7.09. The van der Waals surface area contributed by atoms with Crippen molar-refractivity contribution in [2.75, 3.05) is 5.32 Å². The van der Waals surface area contributed by atoms with E-state index in [1.807, 2.05) is 43.5 Å². The van der Waals surface area contributed by atoms with Crippen molar-refractivity contribution in [2.45, 2.75) is 20.3 Å². The highest BCUT2D eigenvalue weighted by Crippen LogP contribution is 2.31. The molecule has 1 aromatic carbocycles. The average Bonchev–Trinajstić information content (AvgIpc) is 3.12. The number of hydrogen-bond acceptors (Lipinski definition) is 4. The maximum atomic E-state index is 12.3. The fourth-order valence-electron chi connectivity index (χ4n) is 2.22. The topological polar surface area (TPSA) is 42.0 Å². The third kappa shape index (κ3) is 3.80. The molecule has 0 radical (unpaired) electrons. The Kier molecular flexibility index (Phi) is 4.80. The van der Waals surface area contributed by atoms with Crippen LogP contribution in [0.4, 0.5) is 5.69 Å². The van der Waals surface area contributed by atoms with Crippen molar-refractivity contribution in [1.29, 1.82) is 0 Å². The molecule has 23 heavy (non-hydrogen) atoms. The summed E-state index contributed by atoms with van der Waals surface area (Å²) in [4.78, 5) is 19.0. The molecule has 0 atom stereocenters. The molecular formula is C17H15ClN2OS2. The average molecular weight is 363 g/mol. The van der Waals surface area contributed by atoms with Crippen LogP contribution in [0, 0.1) is 13.8 Å². The minimum atomic E-state index is -0.0635. The minimum Gasteiger partial charge on any atom is -0.326 e. The van der Waals surface area contributed by atoms with Crippen molar-refractivity contribution < 1.29 is 4.79 Å². The minimum absolute atomic E-state index is 0.0635. The number of hydrogen-bond donors (Lipinski definition) is 1. The lowest BCUT2D eigenvalue weighted by Crippen LogP contribution is -2.14. The number of nitrogens with zero attached hydrogens (tertiary/aromatic N) is 1. The third-order valence-corrected chi connectivity index (χ3v) is 5.59. The van der Waals surface area contributed by atoms with Crippen LogP contribution in [0.5, 0.6) is 0 Å². The highest BCUT2D eigenvalue weighted by Gasteiger charge is 2.15. The number of amides is 1. The number of benzene rings is 1. The van der Waals surface area contributed by atoms with E-state index in [0.717, 1.165) is 26.0 Å². The zero-order valence-corrected chi connectivity index (χ0v) is 15.1. The molecule has 0 fully saturated rings. The van der Waals surface area contributed by atoms with E-state index in [9.17, 15) is 4.79 Å². The summed E-state index contributed by atoms with van der Waals surface area (Å²) in [6, 6.07) is 9.54. The smallest absolute Gasteiger partial charge is 0.229 e. The summed E-state index contributed by atoms with van der Waals surface area (Å²) < 4.78 is 0. The molecule has 0 saturated heterocycles. The van der Waals surface area contributed by atoms with Crippen molar-refractivity contribution in [2.24, 2.45) is 0 Å². The number of aryl methyl sites for hydroxylation is 2. The Morgan fingerprint density at radius 2 is 2.13 bits per heavy atom. The van der Waals surface area contributed by atoms with E-state index < -0.39 is 0 Å². The molecule has 6 heteroatoms. The van der Waals surface area contributed by atoms with Crippen LogP contribution in [-0.2, 0) is 11.2 Å². The largest absolute Gasteiger partial charge is 0.326 e. The molecule has 2 heterocycles. The van der Waals surface area contributed by atoms with Gasteiger partial charge in [-0.3, -0.25) is 4.79 Å². The Balaban J connectivity index is 1.77. The van der Waals surface area contributed by atoms with Gasteiger partial charge in [0, 0.05) is 15.6 Å². The third-order valence-electron chi connectivity index (χ3n) is 3.34. The number of carbonyl (C=O) groups excluding carboxylic acids is 1. The number of nitrogens with one attached hydrogen (secondary N) is 1. The number of rotatable bonds is 4. The number of thiophene rings is 1. The second kappa shape index (κ2) is 6.83. The van der Waals surface area contributed by atoms with Crippen LogP contribution in [0.2, 0.25) is 5.02 Å². The molecule has 1 N–H and O–H groups in total. The first-order chi connectivity index (χ1) is 11.0. The molecule has 0 aliphatic heterocycles. The van der Waals surface area contributed by atoms with E-state index in [-0.39, 0.29) is 5.91 Å². The van der Waals surface area contributed by atoms with E-state index in [4.69, 9.17) is 11.6 Å². The number of aromatic nitrogens is 1. The van der Waals surface area contributed by atoms with E-state index in [2.05, 4.69) is 10.3 Å². The fourth-order valence-corrected chi connectivity index (χ4v) is 4.15. The SMILES string of the molecule is Cc1nc(-c2cccs2)c(CC(=O)Nc2ccc(C)c(Cl)c2)s1. The zero-order chi connectivity index (χ0) is 16.4.